The van der Waals surface area contributed by atoms with Crippen LogP contribution in [0, 0.1) is 29.6 Å². The van der Waals surface area contributed by atoms with Gasteiger partial charge < -0.3 is 5.11 Å². The van der Waals surface area contributed by atoms with Gasteiger partial charge in [0, 0.05) is 12.3 Å². The van der Waals surface area contributed by atoms with Gasteiger partial charge in [-0.3, -0.25) is 4.79 Å². The molecular formula is C12H20O2. The fourth-order valence-corrected chi connectivity index (χ4v) is 3.32. The number of rotatable bonds is 4. The average Bonchev–Trinajstić information content (AvgIpc) is 2.67. The normalized spacial score (nSPS) is 41.9. The van der Waals surface area contributed by atoms with E-state index >= 15 is 0 Å². The minimum atomic E-state index is -0.0556. The van der Waals surface area contributed by atoms with Gasteiger partial charge in [0.05, 0.1) is 6.61 Å². The molecule has 2 saturated carbocycles. The van der Waals surface area contributed by atoms with E-state index in [1.807, 2.05) is 6.92 Å². The van der Waals surface area contributed by atoms with E-state index in [0.29, 0.717) is 12.3 Å². The van der Waals surface area contributed by atoms with E-state index in [2.05, 4.69) is 6.92 Å². The molecule has 3 unspecified atom stereocenters. The molecule has 80 valence electrons. The first-order valence-electron chi connectivity index (χ1n) is 5.82. The van der Waals surface area contributed by atoms with Crippen LogP contribution in [0.5, 0.6) is 0 Å². The van der Waals surface area contributed by atoms with Crippen molar-refractivity contribution in [1.29, 1.82) is 0 Å². The van der Waals surface area contributed by atoms with Crippen LogP contribution in [-0.4, -0.2) is 17.5 Å². The van der Waals surface area contributed by atoms with Crippen LogP contribution < -0.4 is 0 Å². The minimum absolute atomic E-state index is 0.0556. The Bertz CT molecular complexity index is 224. The van der Waals surface area contributed by atoms with Crippen LogP contribution in [0.2, 0.25) is 0 Å². The molecule has 1 N–H and O–H groups in total. The molecular weight excluding hydrogens is 176 g/mol. The third-order valence-electron chi connectivity index (χ3n) is 4.44. The summed E-state index contributed by atoms with van der Waals surface area (Å²) in [5, 5.41) is 9.23. The van der Waals surface area contributed by atoms with Gasteiger partial charge in [0.2, 0.25) is 0 Å². The molecule has 14 heavy (non-hydrogen) atoms. The van der Waals surface area contributed by atoms with Crippen molar-refractivity contribution in [2.45, 2.75) is 33.1 Å². The van der Waals surface area contributed by atoms with Crippen molar-refractivity contribution in [2.75, 3.05) is 6.61 Å². The molecule has 0 heterocycles. The summed E-state index contributed by atoms with van der Waals surface area (Å²) in [5.74, 6) is 3.32. The van der Waals surface area contributed by atoms with E-state index in [0.717, 1.165) is 17.8 Å². The first-order chi connectivity index (χ1) is 6.69. The lowest BCUT2D eigenvalue weighted by Crippen LogP contribution is -2.26. The topological polar surface area (TPSA) is 37.3 Å². The number of aliphatic hydroxyl groups is 1. The molecule has 0 aromatic carbocycles. The first kappa shape index (κ1) is 10.2. The second-order valence-electron chi connectivity index (χ2n) is 5.03. The zero-order valence-electron chi connectivity index (χ0n) is 9.07. The predicted octanol–water partition coefficient (Wildman–Crippen LogP) is 1.87. The molecule has 0 aromatic heterocycles. The van der Waals surface area contributed by atoms with Gasteiger partial charge in [0.1, 0.15) is 5.78 Å². The Morgan fingerprint density at radius 3 is 2.43 bits per heavy atom. The number of ketones is 1. The number of Topliss-reactive ketones (excluding diaryl/α,β-unsaturated/α-hetero) is 1. The lowest BCUT2D eigenvalue weighted by Gasteiger charge is -2.21. The van der Waals surface area contributed by atoms with E-state index < -0.39 is 0 Å². The van der Waals surface area contributed by atoms with E-state index in [1.165, 1.54) is 12.8 Å². The largest absolute Gasteiger partial charge is 0.396 e. The predicted molar refractivity (Wildman–Crippen MR) is 54.7 cm³/mol. The molecule has 0 amide bonds. The van der Waals surface area contributed by atoms with Crippen LogP contribution >= 0.6 is 0 Å². The Hall–Kier alpha value is -0.370. The van der Waals surface area contributed by atoms with Crippen LogP contribution in [-0.2, 0) is 4.79 Å². The highest BCUT2D eigenvalue weighted by Gasteiger charge is 2.54. The number of aliphatic hydroxyl groups excluding tert-OH is 1. The minimum Gasteiger partial charge on any atom is -0.396 e. The Morgan fingerprint density at radius 2 is 2.00 bits per heavy atom. The Kier molecular flexibility index (Phi) is 2.65. The number of fused-ring (bicyclic) bond motifs is 1. The molecule has 0 radical (unpaired) electrons. The van der Waals surface area contributed by atoms with Crippen molar-refractivity contribution < 1.29 is 9.90 Å². The fraction of sp³-hybridized carbons (Fsp3) is 0.917. The van der Waals surface area contributed by atoms with Crippen molar-refractivity contribution >= 4 is 5.78 Å². The zero-order valence-corrected chi connectivity index (χ0v) is 9.07. The van der Waals surface area contributed by atoms with E-state index in [9.17, 15) is 9.90 Å². The highest BCUT2D eigenvalue weighted by molar-refractivity contribution is 5.81. The quantitative estimate of drug-likeness (QED) is 0.745. The molecule has 2 aliphatic carbocycles. The molecule has 0 saturated heterocycles. The molecule has 0 bridgehead atoms. The van der Waals surface area contributed by atoms with Crippen molar-refractivity contribution in [3.63, 3.8) is 0 Å². The van der Waals surface area contributed by atoms with Crippen molar-refractivity contribution in [1.82, 2.24) is 0 Å². The number of hydrogen-bond donors (Lipinski definition) is 1. The van der Waals surface area contributed by atoms with Crippen molar-refractivity contribution in [2.24, 2.45) is 29.6 Å². The van der Waals surface area contributed by atoms with Crippen LogP contribution in [0.1, 0.15) is 33.1 Å². The van der Waals surface area contributed by atoms with Gasteiger partial charge >= 0.3 is 0 Å². The third kappa shape index (κ3) is 1.50. The van der Waals surface area contributed by atoms with Crippen molar-refractivity contribution in [3.05, 3.63) is 0 Å². The summed E-state index contributed by atoms with van der Waals surface area (Å²) in [5.41, 5.74) is 0. The first-order valence-corrected chi connectivity index (χ1v) is 5.82. The standard InChI is InChI=1S/C12H20O2/c1-3-12(14)11(6-13)8-4-9-7(2)10(9)5-8/h7-11,13H,3-6H2,1-2H3. The summed E-state index contributed by atoms with van der Waals surface area (Å²) < 4.78 is 0. The smallest absolute Gasteiger partial charge is 0.138 e. The Morgan fingerprint density at radius 1 is 1.43 bits per heavy atom. The van der Waals surface area contributed by atoms with Crippen LogP contribution in [0.25, 0.3) is 0 Å². The summed E-state index contributed by atoms with van der Waals surface area (Å²) in [4.78, 5) is 11.6. The summed E-state index contributed by atoms with van der Waals surface area (Å²) in [6, 6.07) is 0. The molecule has 0 aromatic rings. The molecule has 2 nitrogen and oxygen atoms in total. The molecule has 3 atom stereocenters. The van der Waals surface area contributed by atoms with Crippen LogP contribution in [0.4, 0.5) is 0 Å². The molecule has 2 rings (SSSR count). The summed E-state index contributed by atoms with van der Waals surface area (Å²) >= 11 is 0. The number of carbonyl (C=O) groups is 1. The molecule has 2 heteroatoms. The maximum absolute atomic E-state index is 11.6. The monoisotopic (exact) mass is 196 g/mol. The maximum atomic E-state index is 11.6. The Balaban J connectivity index is 1.92. The van der Waals surface area contributed by atoms with Gasteiger partial charge in [-0.25, -0.2) is 0 Å². The molecule has 2 fully saturated rings. The SMILES string of the molecule is CCC(=O)C(CO)C1CC2C(C)C2C1. The molecule has 2 aliphatic rings. The maximum Gasteiger partial charge on any atom is 0.138 e. The van der Waals surface area contributed by atoms with Crippen LogP contribution in [0.15, 0.2) is 0 Å². The average molecular weight is 196 g/mol. The van der Waals surface area contributed by atoms with Gasteiger partial charge in [-0.1, -0.05) is 13.8 Å². The number of hydrogen-bond acceptors (Lipinski definition) is 2. The number of carbonyl (C=O) groups excluding carboxylic acids is 1. The van der Waals surface area contributed by atoms with E-state index in [1.54, 1.807) is 0 Å². The molecule has 0 aliphatic heterocycles. The zero-order chi connectivity index (χ0) is 10.3. The fourth-order valence-electron chi connectivity index (χ4n) is 3.32. The highest BCUT2D eigenvalue weighted by Crippen LogP contribution is 2.60. The summed E-state index contributed by atoms with van der Waals surface area (Å²) in [6.45, 7) is 4.26. The summed E-state index contributed by atoms with van der Waals surface area (Å²) in [6.07, 6.45) is 2.94. The van der Waals surface area contributed by atoms with Gasteiger partial charge in [-0.2, -0.15) is 0 Å². The second-order valence-corrected chi connectivity index (χ2v) is 5.03. The van der Waals surface area contributed by atoms with E-state index in [-0.39, 0.29) is 18.3 Å². The third-order valence-corrected chi connectivity index (χ3v) is 4.44. The highest BCUT2D eigenvalue weighted by atomic mass is 16.3. The lowest BCUT2D eigenvalue weighted by molar-refractivity contribution is -0.125. The van der Waals surface area contributed by atoms with Gasteiger partial charge in [0.25, 0.3) is 0 Å². The molecule has 0 spiro atoms. The van der Waals surface area contributed by atoms with Gasteiger partial charge in [-0.15, -0.1) is 0 Å². The van der Waals surface area contributed by atoms with Gasteiger partial charge in [0.15, 0.2) is 0 Å². The van der Waals surface area contributed by atoms with Crippen LogP contribution in [0.3, 0.4) is 0 Å². The van der Waals surface area contributed by atoms with E-state index in [4.69, 9.17) is 0 Å². The Labute approximate surface area is 85.7 Å². The second kappa shape index (κ2) is 3.65. The lowest BCUT2D eigenvalue weighted by atomic mass is 9.84. The summed E-state index contributed by atoms with van der Waals surface area (Å²) in [7, 11) is 0. The van der Waals surface area contributed by atoms with Crippen molar-refractivity contribution in [3.8, 4) is 0 Å². The van der Waals surface area contributed by atoms with Gasteiger partial charge in [-0.05, 0) is 36.5 Å².